The van der Waals surface area contributed by atoms with E-state index in [-0.39, 0.29) is 0 Å². The summed E-state index contributed by atoms with van der Waals surface area (Å²) in [6.45, 7) is 0.456. The molecule has 0 spiro atoms. The Kier molecular flexibility index (Phi) is 4.59. The predicted octanol–water partition coefficient (Wildman–Crippen LogP) is 2.89. The summed E-state index contributed by atoms with van der Waals surface area (Å²) < 4.78 is 7.23. The number of imidazole rings is 1. The summed E-state index contributed by atoms with van der Waals surface area (Å²) >= 11 is 0. The van der Waals surface area contributed by atoms with Crippen LogP contribution in [0.5, 0.6) is 5.75 Å². The van der Waals surface area contributed by atoms with Gasteiger partial charge >= 0.3 is 0 Å². The molecule has 120 valence electrons. The molecule has 0 saturated carbocycles. The molecule has 0 aliphatic heterocycles. The van der Waals surface area contributed by atoms with Crippen molar-refractivity contribution in [3.8, 4) is 11.8 Å². The molecule has 5 heteroatoms. The van der Waals surface area contributed by atoms with Crippen LogP contribution in [0.4, 0.5) is 0 Å². The van der Waals surface area contributed by atoms with Gasteiger partial charge in [0.1, 0.15) is 17.7 Å². The quantitative estimate of drug-likeness (QED) is 0.785. The summed E-state index contributed by atoms with van der Waals surface area (Å²) in [4.78, 5) is 4.29. The number of aliphatic hydroxyl groups excluding tert-OH is 1. The lowest BCUT2D eigenvalue weighted by atomic mass is 10.1. The molecule has 0 aliphatic rings. The van der Waals surface area contributed by atoms with Gasteiger partial charge in [0, 0.05) is 18.0 Å². The molecule has 0 bridgehead atoms. The maximum absolute atomic E-state index is 10.6. The highest BCUT2D eigenvalue weighted by Gasteiger charge is 2.17. The van der Waals surface area contributed by atoms with Crippen LogP contribution >= 0.6 is 0 Å². The molecule has 1 atom stereocenters. The normalized spacial score (nSPS) is 11.7. The van der Waals surface area contributed by atoms with E-state index >= 15 is 0 Å². The van der Waals surface area contributed by atoms with Crippen molar-refractivity contribution < 1.29 is 9.84 Å². The van der Waals surface area contributed by atoms with E-state index in [0.717, 1.165) is 11.1 Å². The molecule has 5 nitrogen and oxygen atoms in total. The van der Waals surface area contributed by atoms with Crippen molar-refractivity contribution in [3.63, 3.8) is 0 Å². The molecule has 3 rings (SSSR count). The molecule has 1 aromatic heterocycles. The molecule has 1 heterocycles. The first-order chi connectivity index (χ1) is 11.7. The fraction of sp³-hybridized carbons (Fsp3) is 0.158. The van der Waals surface area contributed by atoms with E-state index in [1.807, 2.05) is 34.9 Å². The molecule has 24 heavy (non-hydrogen) atoms. The average molecular weight is 319 g/mol. The second-order valence-electron chi connectivity index (χ2n) is 5.36. The molecule has 1 N–H and O–H groups in total. The van der Waals surface area contributed by atoms with Crippen molar-refractivity contribution in [2.45, 2.75) is 12.6 Å². The molecule has 3 aromatic rings. The van der Waals surface area contributed by atoms with Crippen LogP contribution in [0.2, 0.25) is 0 Å². The Morgan fingerprint density at radius 1 is 1.25 bits per heavy atom. The zero-order chi connectivity index (χ0) is 16.9. The molecule has 0 saturated heterocycles. The van der Waals surface area contributed by atoms with Crippen LogP contribution in [0.3, 0.4) is 0 Å². The van der Waals surface area contributed by atoms with Gasteiger partial charge in [-0.25, -0.2) is 4.98 Å². The molecule has 2 aromatic carbocycles. The summed E-state index contributed by atoms with van der Waals surface area (Å²) in [6.07, 6.45) is 2.65. The first-order valence-corrected chi connectivity index (χ1v) is 7.54. The van der Waals surface area contributed by atoms with E-state index in [4.69, 9.17) is 10.00 Å². The molecule has 0 radical (unpaired) electrons. The minimum absolute atomic E-state index is 0.456. The van der Waals surface area contributed by atoms with E-state index in [2.05, 4.69) is 11.1 Å². The second-order valence-corrected chi connectivity index (χ2v) is 5.36. The van der Waals surface area contributed by atoms with Gasteiger partial charge in [-0.2, -0.15) is 5.26 Å². The number of aliphatic hydroxyl groups is 1. The number of hydrogen-bond donors (Lipinski definition) is 1. The van der Waals surface area contributed by atoms with E-state index in [1.54, 1.807) is 37.7 Å². The lowest BCUT2D eigenvalue weighted by Crippen LogP contribution is -2.11. The van der Waals surface area contributed by atoms with Gasteiger partial charge < -0.3 is 14.4 Å². The largest absolute Gasteiger partial charge is 0.496 e. The number of rotatable bonds is 5. The first kappa shape index (κ1) is 15.8. The van der Waals surface area contributed by atoms with Crippen LogP contribution in [0.1, 0.15) is 28.6 Å². The summed E-state index contributed by atoms with van der Waals surface area (Å²) in [7, 11) is 1.60. The third-order valence-corrected chi connectivity index (χ3v) is 3.86. The highest BCUT2D eigenvalue weighted by atomic mass is 16.5. The summed E-state index contributed by atoms with van der Waals surface area (Å²) in [5.74, 6) is 1.24. The van der Waals surface area contributed by atoms with Crippen molar-refractivity contribution >= 4 is 0 Å². The molecule has 0 fully saturated rings. The Bertz CT molecular complexity index is 866. The minimum atomic E-state index is -0.814. The van der Waals surface area contributed by atoms with Crippen LogP contribution in [-0.4, -0.2) is 21.8 Å². The fourth-order valence-electron chi connectivity index (χ4n) is 2.64. The predicted molar refractivity (Wildman–Crippen MR) is 89.5 cm³/mol. The third-order valence-electron chi connectivity index (χ3n) is 3.86. The monoisotopic (exact) mass is 319 g/mol. The summed E-state index contributed by atoms with van der Waals surface area (Å²) in [6, 6.07) is 16.8. The molecular formula is C19H17N3O2. The molecular weight excluding hydrogens is 302 g/mol. The third kappa shape index (κ3) is 3.14. The van der Waals surface area contributed by atoms with Gasteiger partial charge in [0.05, 0.1) is 25.3 Å². The Balaban J connectivity index is 1.93. The maximum Gasteiger partial charge on any atom is 0.142 e. The fourth-order valence-corrected chi connectivity index (χ4v) is 2.64. The van der Waals surface area contributed by atoms with Crippen LogP contribution in [0.25, 0.3) is 0 Å². The van der Waals surface area contributed by atoms with Crippen molar-refractivity contribution in [2.24, 2.45) is 0 Å². The number of ether oxygens (including phenoxy) is 1. The Morgan fingerprint density at radius 3 is 2.75 bits per heavy atom. The number of nitrogens with zero attached hydrogens (tertiary/aromatic N) is 3. The average Bonchev–Trinajstić information content (AvgIpc) is 3.09. The number of nitriles is 1. The van der Waals surface area contributed by atoms with Gasteiger partial charge in [0.25, 0.3) is 0 Å². The first-order valence-electron chi connectivity index (χ1n) is 7.54. The topological polar surface area (TPSA) is 71.1 Å². The second kappa shape index (κ2) is 6.99. The lowest BCUT2D eigenvalue weighted by molar-refractivity contribution is 0.205. The summed E-state index contributed by atoms with van der Waals surface area (Å²) in [5, 5.41) is 19.7. The highest BCUT2D eigenvalue weighted by Crippen LogP contribution is 2.24. The number of aromatic nitrogens is 2. The minimum Gasteiger partial charge on any atom is -0.496 e. The maximum atomic E-state index is 10.6. The number of hydrogen-bond acceptors (Lipinski definition) is 4. The molecule has 0 aliphatic carbocycles. The highest BCUT2D eigenvalue weighted by molar-refractivity contribution is 5.42. The Labute approximate surface area is 140 Å². The zero-order valence-electron chi connectivity index (χ0n) is 13.3. The van der Waals surface area contributed by atoms with Crippen molar-refractivity contribution in [3.05, 3.63) is 83.4 Å². The van der Waals surface area contributed by atoms with Gasteiger partial charge in [-0.1, -0.05) is 30.3 Å². The lowest BCUT2D eigenvalue weighted by Gasteiger charge is -2.15. The zero-order valence-corrected chi connectivity index (χ0v) is 13.3. The number of methoxy groups -OCH3 is 1. The smallest absolute Gasteiger partial charge is 0.142 e. The van der Waals surface area contributed by atoms with Crippen molar-refractivity contribution in [1.29, 1.82) is 5.26 Å². The summed E-state index contributed by atoms with van der Waals surface area (Å²) in [5.41, 5.74) is 2.20. The van der Waals surface area contributed by atoms with Gasteiger partial charge in [0.2, 0.25) is 0 Å². The van der Waals surface area contributed by atoms with Crippen molar-refractivity contribution in [2.75, 3.05) is 7.11 Å². The molecule has 0 amide bonds. The van der Waals surface area contributed by atoms with E-state index in [9.17, 15) is 5.11 Å². The van der Waals surface area contributed by atoms with E-state index in [0.29, 0.717) is 23.7 Å². The van der Waals surface area contributed by atoms with E-state index < -0.39 is 6.10 Å². The SMILES string of the molecule is COc1ccc(C#N)cc1Cn1ccnc1C(O)c1ccccc1. The van der Waals surface area contributed by atoms with E-state index in [1.165, 1.54) is 0 Å². The number of benzene rings is 2. The molecule has 1 unspecified atom stereocenters. The van der Waals surface area contributed by atoms with Crippen LogP contribution in [0.15, 0.2) is 60.9 Å². The van der Waals surface area contributed by atoms with Crippen LogP contribution in [-0.2, 0) is 6.54 Å². The van der Waals surface area contributed by atoms with Gasteiger partial charge in [-0.05, 0) is 23.8 Å². The Hall–Kier alpha value is -3.10. The standard InChI is InChI=1S/C19H17N3O2/c1-24-17-8-7-14(12-20)11-16(17)13-22-10-9-21-19(22)18(23)15-5-3-2-4-6-15/h2-11,18,23H,13H2,1H3. The van der Waals surface area contributed by atoms with Gasteiger partial charge in [0.15, 0.2) is 0 Å². The van der Waals surface area contributed by atoms with Crippen LogP contribution in [0, 0.1) is 11.3 Å². The Morgan fingerprint density at radius 2 is 2.04 bits per heavy atom. The van der Waals surface area contributed by atoms with Gasteiger partial charge in [-0.3, -0.25) is 0 Å². The van der Waals surface area contributed by atoms with Gasteiger partial charge in [-0.15, -0.1) is 0 Å². The van der Waals surface area contributed by atoms with Crippen LogP contribution < -0.4 is 4.74 Å². The van der Waals surface area contributed by atoms with Crippen molar-refractivity contribution in [1.82, 2.24) is 9.55 Å².